The third kappa shape index (κ3) is 6.67. The van der Waals surface area contributed by atoms with Crippen molar-refractivity contribution >= 4 is 6.09 Å². The number of likely N-dealkylation sites (tertiary alicyclic amines) is 1. The molecule has 4 aliphatic heterocycles. The monoisotopic (exact) mass is 430 g/mol. The summed E-state index contributed by atoms with van der Waals surface area (Å²) in [4.78, 5) is 15.3. The number of nitrogens with zero attached hydrogens (tertiary/aromatic N) is 2. The molecule has 4 aliphatic rings. The van der Waals surface area contributed by atoms with Gasteiger partial charge in [-0.3, -0.25) is 0 Å². The highest BCUT2D eigenvalue weighted by Gasteiger charge is 2.38. The van der Waals surface area contributed by atoms with Crippen molar-refractivity contribution in [3.8, 4) is 0 Å². The average molecular weight is 431 g/mol. The minimum Gasteiger partial charge on any atom is -0.465 e. The quantitative estimate of drug-likeness (QED) is 0.680. The van der Waals surface area contributed by atoms with Crippen LogP contribution in [0.25, 0.3) is 0 Å². The summed E-state index contributed by atoms with van der Waals surface area (Å²) in [6.07, 6.45) is 3.78. The molecule has 6 nitrogen and oxygen atoms in total. The predicted molar refractivity (Wildman–Crippen MR) is 126 cm³/mol. The molecule has 4 fully saturated rings. The SMILES string of the molecule is CC(C)(C)C1CC(CN)CCN1C(=O)O.c1ccc(CNC2CN3CCC2CC3)cc1. The van der Waals surface area contributed by atoms with Gasteiger partial charge in [-0.05, 0) is 68.1 Å². The Bertz CT molecular complexity index is 683. The van der Waals surface area contributed by atoms with Crippen LogP contribution >= 0.6 is 0 Å². The first-order valence-electron chi connectivity index (χ1n) is 12.0. The standard InChI is InChI=1S/C14H20N2.C11H22N2O2/c1-2-4-12(5-3-1)10-15-14-11-16-8-6-13(14)7-9-16;1-11(2,3)9-6-8(7-12)4-5-13(9)10(14)15/h1-5,13-15H,6-11H2;8-9H,4-7,12H2,1-3H3,(H,14,15). The van der Waals surface area contributed by atoms with Crippen molar-refractivity contribution in [3.63, 3.8) is 0 Å². The Kier molecular flexibility index (Phi) is 8.36. The van der Waals surface area contributed by atoms with Crippen LogP contribution in [0.2, 0.25) is 0 Å². The van der Waals surface area contributed by atoms with Crippen molar-refractivity contribution in [1.82, 2.24) is 15.1 Å². The summed E-state index contributed by atoms with van der Waals surface area (Å²) >= 11 is 0. The zero-order chi connectivity index (χ0) is 22.4. The molecule has 1 amide bonds. The average Bonchev–Trinajstić information content (AvgIpc) is 2.78. The highest BCUT2D eigenvalue weighted by molar-refractivity contribution is 5.65. The maximum absolute atomic E-state index is 11.1. The second-order valence-electron chi connectivity index (χ2n) is 10.6. The van der Waals surface area contributed by atoms with Crippen LogP contribution in [-0.4, -0.2) is 65.8 Å². The molecule has 31 heavy (non-hydrogen) atoms. The first kappa shape index (κ1) is 24.0. The lowest BCUT2D eigenvalue weighted by Crippen LogP contribution is -2.55. The van der Waals surface area contributed by atoms with E-state index < -0.39 is 6.09 Å². The maximum Gasteiger partial charge on any atom is 0.407 e. The third-order valence-corrected chi connectivity index (χ3v) is 7.36. The Morgan fingerprint density at radius 1 is 1.13 bits per heavy atom. The fraction of sp³-hybridized carbons (Fsp3) is 0.720. The molecule has 4 heterocycles. The van der Waals surface area contributed by atoms with E-state index in [0.717, 1.165) is 31.3 Å². The van der Waals surface area contributed by atoms with Gasteiger partial charge in [0.05, 0.1) is 0 Å². The van der Waals surface area contributed by atoms with E-state index in [1.165, 1.54) is 38.0 Å². The first-order valence-corrected chi connectivity index (χ1v) is 12.0. The van der Waals surface area contributed by atoms with Crippen molar-refractivity contribution in [1.29, 1.82) is 0 Å². The summed E-state index contributed by atoms with van der Waals surface area (Å²) < 4.78 is 0. The van der Waals surface area contributed by atoms with Crippen LogP contribution in [0.15, 0.2) is 30.3 Å². The molecule has 0 radical (unpaired) electrons. The van der Waals surface area contributed by atoms with Crippen LogP contribution in [0.4, 0.5) is 4.79 Å². The number of carbonyl (C=O) groups is 1. The Labute approximate surface area is 188 Å². The van der Waals surface area contributed by atoms with Gasteiger partial charge in [-0.1, -0.05) is 51.1 Å². The van der Waals surface area contributed by atoms with Crippen LogP contribution in [0, 0.1) is 17.3 Å². The predicted octanol–water partition coefficient (Wildman–Crippen LogP) is 3.62. The lowest BCUT2D eigenvalue weighted by molar-refractivity contribution is 0.0421. The number of hydrogen-bond acceptors (Lipinski definition) is 4. The molecule has 0 aliphatic carbocycles. The Morgan fingerprint density at radius 3 is 2.32 bits per heavy atom. The number of carboxylic acid groups (broad SMARTS) is 1. The summed E-state index contributed by atoms with van der Waals surface area (Å²) in [5.41, 5.74) is 7.06. The summed E-state index contributed by atoms with van der Waals surface area (Å²) in [5, 5.41) is 12.9. The van der Waals surface area contributed by atoms with Crippen molar-refractivity contribution in [2.75, 3.05) is 32.7 Å². The van der Waals surface area contributed by atoms with Gasteiger partial charge >= 0.3 is 6.09 Å². The maximum atomic E-state index is 11.1. The topological polar surface area (TPSA) is 81.8 Å². The van der Waals surface area contributed by atoms with Gasteiger partial charge in [-0.15, -0.1) is 0 Å². The van der Waals surface area contributed by atoms with E-state index in [1.54, 1.807) is 4.90 Å². The Balaban J connectivity index is 0.000000176. The highest BCUT2D eigenvalue weighted by atomic mass is 16.4. The van der Waals surface area contributed by atoms with Crippen molar-refractivity contribution in [2.24, 2.45) is 23.0 Å². The van der Waals surface area contributed by atoms with E-state index in [4.69, 9.17) is 10.8 Å². The lowest BCUT2D eigenvalue weighted by atomic mass is 9.77. The second-order valence-corrected chi connectivity index (χ2v) is 10.6. The van der Waals surface area contributed by atoms with Gasteiger partial charge in [0.15, 0.2) is 0 Å². The fourth-order valence-electron chi connectivity index (χ4n) is 5.34. The molecule has 0 saturated carbocycles. The second kappa shape index (κ2) is 10.8. The van der Waals surface area contributed by atoms with Gasteiger partial charge in [0.2, 0.25) is 0 Å². The number of fused-ring (bicyclic) bond motifs is 3. The molecule has 5 rings (SSSR count). The zero-order valence-corrected chi connectivity index (χ0v) is 19.6. The number of nitrogens with one attached hydrogen (secondary N) is 1. The van der Waals surface area contributed by atoms with Crippen LogP contribution in [0.3, 0.4) is 0 Å². The number of amides is 1. The molecular weight excluding hydrogens is 388 g/mol. The molecule has 3 atom stereocenters. The van der Waals surface area contributed by atoms with Gasteiger partial charge in [0.1, 0.15) is 0 Å². The van der Waals surface area contributed by atoms with Crippen LogP contribution < -0.4 is 11.1 Å². The molecule has 1 aromatic carbocycles. The number of nitrogens with two attached hydrogens (primary N) is 1. The minimum atomic E-state index is -0.801. The summed E-state index contributed by atoms with van der Waals surface area (Å²) in [6.45, 7) is 12.5. The molecule has 1 aromatic rings. The lowest BCUT2D eigenvalue weighted by Gasteiger charge is -2.45. The van der Waals surface area contributed by atoms with Gasteiger partial charge in [0, 0.05) is 31.7 Å². The number of benzene rings is 1. The van der Waals surface area contributed by atoms with E-state index in [9.17, 15) is 4.79 Å². The van der Waals surface area contributed by atoms with E-state index in [-0.39, 0.29) is 11.5 Å². The van der Waals surface area contributed by atoms with Crippen LogP contribution in [0.5, 0.6) is 0 Å². The largest absolute Gasteiger partial charge is 0.465 e. The molecule has 0 aromatic heterocycles. The van der Waals surface area contributed by atoms with Crippen molar-refractivity contribution in [2.45, 2.75) is 65.1 Å². The van der Waals surface area contributed by atoms with Gasteiger partial charge < -0.3 is 26.0 Å². The van der Waals surface area contributed by atoms with Crippen molar-refractivity contribution < 1.29 is 9.90 Å². The molecule has 2 bridgehead atoms. The van der Waals surface area contributed by atoms with E-state index in [0.29, 0.717) is 19.0 Å². The molecule has 4 N–H and O–H groups in total. The van der Waals surface area contributed by atoms with Gasteiger partial charge in [-0.25, -0.2) is 4.79 Å². The zero-order valence-electron chi connectivity index (χ0n) is 19.6. The Morgan fingerprint density at radius 2 is 1.81 bits per heavy atom. The number of hydrogen-bond donors (Lipinski definition) is 3. The van der Waals surface area contributed by atoms with E-state index in [1.807, 2.05) is 0 Å². The molecule has 4 saturated heterocycles. The van der Waals surface area contributed by atoms with E-state index >= 15 is 0 Å². The van der Waals surface area contributed by atoms with Gasteiger partial charge in [-0.2, -0.15) is 0 Å². The molecular formula is C25H42N4O2. The molecule has 6 heteroatoms. The number of rotatable bonds is 4. The molecule has 0 spiro atoms. The smallest absolute Gasteiger partial charge is 0.407 e. The molecule has 3 unspecified atom stereocenters. The summed E-state index contributed by atoms with van der Waals surface area (Å²) in [7, 11) is 0. The Hall–Kier alpha value is -1.63. The minimum absolute atomic E-state index is 0.00771. The first-order chi connectivity index (χ1) is 14.8. The van der Waals surface area contributed by atoms with Crippen LogP contribution in [0.1, 0.15) is 52.0 Å². The third-order valence-electron chi connectivity index (χ3n) is 7.36. The summed E-state index contributed by atoms with van der Waals surface area (Å²) in [6, 6.07) is 11.5. The van der Waals surface area contributed by atoms with Crippen molar-refractivity contribution in [3.05, 3.63) is 35.9 Å². The van der Waals surface area contributed by atoms with E-state index in [2.05, 4.69) is 61.3 Å². The number of piperidine rings is 4. The fourth-order valence-corrected chi connectivity index (χ4v) is 5.34. The van der Waals surface area contributed by atoms with Crippen LogP contribution in [-0.2, 0) is 6.54 Å². The molecule has 174 valence electrons. The summed E-state index contributed by atoms with van der Waals surface area (Å²) in [5.74, 6) is 1.40. The highest BCUT2D eigenvalue weighted by Crippen LogP contribution is 2.34. The normalized spacial score (nSPS) is 30.5. The van der Waals surface area contributed by atoms with Gasteiger partial charge in [0.25, 0.3) is 0 Å².